The normalized spacial score (nSPS) is 21.9. The molecule has 1 aliphatic rings. The number of carbonyl (C=O) groups is 1. The van der Waals surface area contributed by atoms with Gasteiger partial charge in [-0.25, -0.2) is 0 Å². The summed E-state index contributed by atoms with van der Waals surface area (Å²) >= 11 is 0. The minimum Gasteiger partial charge on any atom is -0.394 e. The Labute approximate surface area is 101 Å². The van der Waals surface area contributed by atoms with Crippen LogP contribution in [-0.4, -0.2) is 53.6 Å². The van der Waals surface area contributed by atoms with Crippen LogP contribution in [0.1, 0.15) is 5.56 Å². The van der Waals surface area contributed by atoms with Crippen LogP contribution in [0.5, 0.6) is 0 Å². The number of aliphatic hydroxyl groups excluding tert-OH is 1. The maximum atomic E-state index is 12.1. The Hall–Kier alpha value is -1.39. The summed E-state index contributed by atoms with van der Waals surface area (Å²) in [5.41, 5.74) is 1.13. The molecule has 0 radical (unpaired) electrons. The highest BCUT2D eigenvalue weighted by molar-refractivity contribution is 5.82. The fraction of sp³-hybridized carbons (Fsp3) is 0.462. The molecule has 2 rings (SSSR count). The topological polar surface area (TPSA) is 43.8 Å². The molecule has 1 amide bonds. The highest BCUT2D eigenvalue weighted by atomic mass is 16.3. The molecule has 1 heterocycles. The van der Waals surface area contributed by atoms with E-state index in [9.17, 15) is 9.90 Å². The largest absolute Gasteiger partial charge is 0.394 e. The fourth-order valence-electron chi connectivity index (χ4n) is 2.12. The number of aliphatic hydroxyl groups is 1. The first-order valence-corrected chi connectivity index (χ1v) is 5.86. The Balaban J connectivity index is 2.05. The van der Waals surface area contributed by atoms with Crippen molar-refractivity contribution in [3.8, 4) is 0 Å². The van der Waals surface area contributed by atoms with Gasteiger partial charge in [0.05, 0.1) is 6.61 Å². The van der Waals surface area contributed by atoms with Crippen LogP contribution in [0.25, 0.3) is 0 Å². The van der Waals surface area contributed by atoms with Crippen molar-refractivity contribution < 1.29 is 9.90 Å². The molecule has 0 saturated carbocycles. The van der Waals surface area contributed by atoms with E-state index in [0.29, 0.717) is 6.54 Å². The molecular formula is C13H18N2O2. The van der Waals surface area contributed by atoms with Crippen molar-refractivity contribution in [2.75, 3.05) is 26.7 Å². The zero-order valence-corrected chi connectivity index (χ0v) is 10.0. The summed E-state index contributed by atoms with van der Waals surface area (Å²) in [4.78, 5) is 15.8. The molecule has 0 spiro atoms. The second kappa shape index (κ2) is 5.29. The second-order valence-corrected chi connectivity index (χ2v) is 4.42. The predicted octanol–water partition coefficient (Wildman–Crippen LogP) is 0.321. The first kappa shape index (κ1) is 12.1. The van der Waals surface area contributed by atoms with Gasteiger partial charge in [-0.2, -0.15) is 0 Å². The molecule has 1 fully saturated rings. The van der Waals surface area contributed by atoms with E-state index >= 15 is 0 Å². The first-order valence-electron chi connectivity index (χ1n) is 5.86. The van der Waals surface area contributed by atoms with Crippen LogP contribution < -0.4 is 0 Å². The highest BCUT2D eigenvalue weighted by Gasteiger charge is 2.31. The van der Waals surface area contributed by atoms with Crippen LogP contribution in [0.2, 0.25) is 0 Å². The van der Waals surface area contributed by atoms with Crippen molar-refractivity contribution in [3.05, 3.63) is 35.9 Å². The number of amides is 1. The lowest BCUT2D eigenvalue weighted by atomic mass is 10.1. The van der Waals surface area contributed by atoms with Crippen LogP contribution in [-0.2, 0) is 11.3 Å². The van der Waals surface area contributed by atoms with Crippen molar-refractivity contribution in [2.24, 2.45) is 0 Å². The molecule has 1 aromatic rings. The molecule has 1 N–H and O–H groups in total. The average Bonchev–Trinajstić information content (AvgIpc) is 2.35. The van der Waals surface area contributed by atoms with Crippen LogP contribution in [0.4, 0.5) is 0 Å². The van der Waals surface area contributed by atoms with Crippen molar-refractivity contribution in [2.45, 2.75) is 12.6 Å². The Kier molecular flexibility index (Phi) is 3.76. The van der Waals surface area contributed by atoms with Gasteiger partial charge in [0, 0.05) is 19.6 Å². The zero-order chi connectivity index (χ0) is 12.3. The molecule has 4 heteroatoms. The van der Waals surface area contributed by atoms with Gasteiger partial charge in [0.2, 0.25) is 5.91 Å². The van der Waals surface area contributed by atoms with Gasteiger partial charge in [-0.1, -0.05) is 30.3 Å². The lowest BCUT2D eigenvalue weighted by molar-refractivity contribution is -0.143. The maximum Gasteiger partial charge on any atom is 0.242 e. The molecule has 92 valence electrons. The number of carbonyl (C=O) groups excluding carboxylic acids is 1. The summed E-state index contributed by atoms with van der Waals surface area (Å²) in [7, 11) is 1.87. The van der Waals surface area contributed by atoms with Crippen LogP contribution in [0, 0.1) is 0 Å². The molecule has 0 aliphatic carbocycles. The van der Waals surface area contributed by atoms with Gasteiger partial charge in [0.1, 0.15) is 6.04 Å². The van der Waals surface area contributed by atoms with E-state index in [0.717, 1.165) is 18.7 Å². The Morgan fingerprint density at radius 3 is 2.65 bits per heavy atom. The maximum absolute atomic E-state index is 12.1. The molecule has 0 aromatic heterocycles. The standard InChI is InChI=1S/C13H18N2O2/c1-14-7-8-15(13(17)12(14)10-16)9-11-5-3-2-4-6-11/h2-6,12,16H,7-10H2,1H3. The summed E-state index contributed by atoms with van der Waals surface area (Å²) in [5.74, 6) is 0.0186. The molecule has 1 atom stereocenters. The van der Waals surface area contributed by atoms with Crippen molar-refractivity contribution in [1.82, 2.24) is 9.80 Å². The first-order chi connectivity index (χ1) is 8.22. The molecule has 1 aliphatic heterocycles. The molecule has 0 bridgehead atoms. The quantitative estimate of drug-likeness (QED) is 0.819. The summed E-state index contributed by atoms with van der Waals surface area (Å²) < 4.78 is 0. The van der Waals surface area contributed by atoms with Crippen molar-refractivity contribution >= 4 is 5.91 Å². The minimum absolute atomic E-state index is 0.0186. The van der Waals surface area contributed by atoms with Gasteiger partial charge in [-0.15, -0.1) is 0 Å². The molecule has 1 aromatic carbocycles. The smallest absolute Gasteiger partial charge is 0.242 e. The van der Waals surface area contributed by atoms with Gasteiger partial charge in [-0.3, -0.25) is 9.69 Å². The van der Waals surface area contributed by atoms with Crippen molar-refractivity contribution in [3.63, 3.8) is 0 Å². The van der Waals surface area contributed by atoms with E-state index < -0.39 is 0 Å². The SMILES string of the molecule is CN1CCN(Cc2ccccc2)C(=O)C1CO. The van der Waals surface area contributed by atoms with Crippen LogP contribution in [0.3, 0.4) is 0 Å². The van der Waals surface area contributed by atoms with Gasteiger partial charge in [-0.05, 0) is 12.6 Å². The molecular weight excluding hydrogens is 216 g/mol. The third-order valence-corrected chi connectivity index (χ3v) is 3.24. The van der Waals surface area contributed by atoms with Crippen LogP contribution in [0.15, 0.2) is 30.3 Å². The summed E-state index contributed by atoms with van der Waals surface area (Å²) in [5, 5.41) is 9.23. The number of likely N-dealkylation sites (N-methyl/N-ethyl adjacent to an activating group) is 1. The fourth-order valence-corrected chi connectivity index (χ4v) is 2.12. The Morgan fingerprint density at radius 2 is 2.00 bits per heavy atom. The van der Waals surface area contributed by atoms with Gasteiger partial charge < -0.3 is 10.0 Å². The zero-order valence-electron chi connectivity index (χ0n) is 10.0. The summed E-state index contributed by atoms with van der Waals surface area (Å²) in [6.45, 7) is 2.05. The molecule has 1 unspecified atom stereocenters. The average molecular weight is 234 g/mol. The van der Waals surface area contributed by atoms with E-state index in [1.807, 2.05) is 47.2 Å². The van der Waals surface area contributed by atoms with Crippen LogP contribution >= 0.6 is 0 Å². The second-order valence-electron chi connectivity index (χ2n) is 4.42. The summed E-state index contributed by atoms with van der Waals surface area (Å²) in [6, 6.07) is 9.55. The monoisotopic (exact) mass is 234 g/mol. The lowest BCUT2D eigenvalue weighted by Gasteiger charge is -2.37. The summed E-state index contributed by atoms with van der Waals surface area (Å²) in [6.07, 6.45) is 0. The van der Waals surface area contributed by atoms with Gasteiger partial charge in [0.25, 0.3) is 0 Å². The molecule has 17 heavy (non-hydrogen) atoms. The number of nitrogens with zero attached hydrogens (tertiary/aromatic N) is 2. The van der Waals surface area contributed by atoms with Gasteiger partial charge >= 0.3 is 0 Å². The van der Waals surface area contributed by atoms with E-state index in [2.05, 4.69) is 0 Å². The third-order valence-electron chi connectivity index (χ3n) is 3.24. The Bertz CT molecular complexity index is 380. The van der Waals surface area contributed by atoms with E-state index in [-0.39, 0.29) is 18.6 Å². The number of rotatable bonds is 3. The Morgan fingerprint density at radius 1 is 1.29 bits per heavy atom. The number of hydrogen-bond donors (Lipinski definition) is 1. The minimum atomic E-state index is -0.382. The lowest BCUT2D eigenvalue weighted by Crippen LogP contribution is -2.56. The van der Waals surface area contributed by atoms with E-state index in [4.69, 9.17) is 0 Å². The predicted molar refractivity (Wildman–Crippen MR) is 65.4 cm³/mol. The van der Waals surface area contributed by atoms with E-state index in [1.54, 1.807) is 0 Å². The van der Waals surface area contributed by atoms with E-state index in [1.165, 1.54) is 0 Å². The number of piperazine rings is 1. The number of benzene rings is 1. The third kappa shape index (κ3) is 2.65. The number of hydrogen-bond acceptors (Lipinski definition) is 3. The highest BCUT2D eigenvalue weighted by Crippen LogP contribution is 2.12. The van der Waals surface area contributed by atoms with Crippen molar-refractivity contribution in [1.29, 1.82) is 0 Å². The molecule has 1 saturated heterocycles. The molecule has 4 nitrogen and oxygen atoms in total. The van der Waals surface area contributed by atoms with Gasteiger partial charge in [0.15, 0.2) is 0 Å².